The van der Waals surface area contributed by atoms with Gasteiger partial charge in [0.25, 0.3) is 0 Å². The van der Waals surface area contributed by atoms with Crippen LogP contribution in [0.25, 0.3) is 0 Å². The van der Waals surface area contributed by atoms with Crippen molar-refractivity contribution in [2.75, 3.05) is 0 Å². The van der Waals surface area contributed by atoms with Crippen LogP contribution in [0.5, 0.6) is 11.5 Å². The topological polar surface area (TPSA) is 40.5 Å². The van der Waals surface area contributed by atoms with Crippen LogP contribution in [0.3, 0.4) is 0 Å². The molecule has 0 bridgehead atoms. The molecular formula is C12H14O2. The largest absolute Gasteiger partial charge is 0.508 e. The molecule has 1 aromatic carbocycles. The summed E-state index contributed by atoms with van der Waals surface area (Å²) in [5.41, 5.74) is 1.37. The highest BCUT2D eigenvalue weighted by Gasteiger charge is 2.07. The molecule has 2 nitrogen and oxygen atoms in total. The van der Waals surface area contributed by atoms with E-state index in [0.717, 1.165) is 5.56 Å². The van der Waals surface area contributed by atoms with Crippen molar-refractivity contribution in [1.82, 2.24) is 0 Å². The van der Waals surface area contributed by atoms with Crippen LogP contribution in [0.1, 0.15) is 11.1 Å². The maximum absolute atomic E-state index is 9.59. The summed E-state index contributed by atoms with van der Waals surface area (Å²) in [5.74, 6) is 0.225. The molecular weight excluding hydrogens is 176 g/mol. The van der Waals surface area contributed by atoms with E-state index in [2.05, 4.69) is 13.2 Å². The van der Waals surface area contributed by atoms with Crippen molar-refractivity contribution in [3.8, 4) is 11.5 Å². The molecule has 0 radical (unpaired) electrons. The Morgan fingerprint density at radius 2 is 1.50 bits per heavy atom. The molecule has 0 aliphatic heterocycles. The summed E-state index contributed by atoms with van der Waals surface area (Å²) in [6.07, 6.45) is 4.46. The summed E-state index contributed by atoms with van der Waals surface area (Å²) in [4.78, 5) is 0. The first-order valence-corrected chi connectivity index (χ1v) is 4.44. The van der Waals surface area contributed by atoms with Gasteiger partial charge in [0.15, 0.2) is 0 Å². The first-order valence-electron chi connectivity index (χ1n) is 4.44. The van der Waals surface area contributed by atoms with Crippen molar-refractivity contribution < 1.29 is 10.2 Å². The average Bonchev–Trinajstić information content (AvgIpc) is 2.12. The minimum atomic E-state index is 0.113. The Bertz CT molecular complexity index is 330. The molecule has 2 N–H and O–H groups in total. The zero-order valence-corrected chi connectivity index (χ0v) is 8.03. The summed E-state index contributed by atoms with van der Waals surface area (Å²) in [5, 5.41) is 19.2. The third-order valence-corrected chi connectivity index (χ3v) is 1.99. The molecule has 1 rings (SSSR count). The molecule has 1 aromatic rings. The summed E-state index contributed by atoms with van der Waals surface area (Å²) >= 11 is 0. The van der Waals surface area contributed by atoms with Crippen molar-refractivity contribution in [2.24, 2.45) is 0 Å². The van der Waals surface area contributed by atoms with Gasteiger partial charge in [-0.3, -0.25) is 0 Å². The van der Waals surface area contributed by atoms with E-state index in [9.17, 15) is 10.2 Å². The van der Waals surface area contributed by atoms with Gasteiger partial charge in [0.1, 0.15) is 11.5 Å². The lowest BCUT2D eigenvalue weighted by atomic mass is 10.0. The molecule has 74 valence electrons. The summed E-state index contributed by atoms with van der Waals surface area (Å²) in [6, 6.07) is 3.28. The van der Waals surface area contributed by atoms with Crippen molar-refractivity contribution in [3.63, 3.8) is 0 Å². The Balaban J connectivity index is 3.10. The summed E-state index contributed by atoms with van der Waals surface area (Å²) < 4.78 is 0. The van der Waals surface area contributed by atoms with Crippen LogP contribution < -0.4 is 0 Å². The molecule has 14 heavy (non-hydrogen) atoms. The standard InChI is InChI=1S/C12H14O2/c1-3-5-9-7-11(13)10(6-4-2)12(14)8-9/h3-4,7-8,13-14H,1-2,5-6H2. The molecule has 2 heteroatoms. The maximum atomic E-state index is 9.59. The van der Waals surface area contributed by atoms with Crippen molar-refractivity contribution >= 4 is 0 Å². The van der Waals surface area contributed by atoms with Crippen LogP contribution >= 0.6 is 0 Å². The molecule has 0 amide bonds. The smallest absolute Gasteiger partial charge is 0.123 e. The Hall–Kier alpha value is -1.70. The number of hydrogen-bond donors (Lipinski definition) is 2. The van der Waals surface area contributed by atoms with Gasteiger partial charge in [0, 0.05) is 5.56 Å². The van der Waals surface area contributed by atoms with E-state index < -0.39 is 0 Å². The van der Waals surface area contributed by atoms with E-state index in [4.69, 9.17) is 0 Å². The summed E-state index contributed by atoms with van der Waals surface area (Å²) in [7, 11) is 0. The van der Waals surface area contributed by atoms with Crippen molar-refractivity contribution in [1.29, 1.82) is 0 Å². The first kappa shape index (κ1) is 10.4. The van der Waals surface area contributed by atoms with Crippen LogP contribution in [-0.2, 0) is 12.8 Å². The monoisotopic (exact) mass is 190 g/mol. The summed E-state index contributed by atoms with van der Waals surface area (Å²) in [6.45, 7) is 7.15. The predicted molar refractivity (Wildman–Crippen MR) is 57.6 cm³/mol. The molecule has 0 atom stereocenters. The van der Waals surface area contributed by atoms with E-state index in [-0.39, 0.29) is 11.5 Å². The van der Waals surface area contributed by atoms with Gasteiger partial charge in [-0.1, -0.05) is 12.2 Å². The normalized spacial score (nSPS) is 9.71. The SMILES string of the molecule is C=CCc1cc(O)c(CC=C)c(O)c1. The second kappa shape index (κ2) is 4.51. The Morgan fingerprint density at radius 1 is 1.00 bits per heavy atom. The van der Waals surface area contributed by atoms with Gasteiger partial charge in [-0.25, -0.2) is 0 Å². The minimum absolute atomic E-state index is 0.113. The highest BCUT2D eigenvalue weighted by molar-refractivity contribution is 5.47. The number of phenolic OH excluding ortho intramolecular Hbond substituents is 2. The second-order valence-corrected chi connectivity index (χ2v) is 3.10. The lowest BCUT2D eigenvalue weighted by Gasteiger charge is -2.07. The third kappa shape index (κ3) is 2.16. The minimum Gasteiger partial charge on any atom is -0.508 e. The Morgan fingerprint density at radius 3 is 1.93 bits per heavy atom. The third-order valence-electron chi connectivity index (χ3n) is 1.99. The number of phenols is 2. The number of allylic oxidation sites excluding steroid dienone is 2. The highest BCUT2D eigenvalue weighted by atomic mass is 16.3. The lowest BCUT2D eigenvalue weighted by Crippen LogP contribution is -1.88. The second-order valence-electron chi connectivity index (χ2n) is 3.10. The molecule has 0 spiro atoms. The lowest BCUT2D eigenvalue weighted by molar-refractivity contribution is 0.440. The fraction of sp³-hybridized carbons (Fsp3) is 0.167. The van der Waals surface area contributed by atoms with Gasteiger partial charge in [0.2, 0.25) is 0 Å². The van der Waals surface area contributed by atoms with E-state index in [1.165, 1.54) is 0 Å². The average molecular weight is 190 g/mol. The fourth-order valence-corrected chi connectivity index (χ4v) is 1.34. The number of hydrogen-bond acceptors (Lipinski definition) is 2. The molecule has 0 unspecified atom stereocenters. The number of benzene rings is 1. The quantitative estimate of drug-likeness (QED) is 0.716. The van der Waals surface area contributed by atoms with Crippen LogP contribution in [0.4, 0.5) is 0 Å². The highest BCUT2D eigenvalue weighted by Crippen LogP contribution is 2.29. The molecule has 0 aliphatic rings. The molecule has 0 heterocycles. The fourth-order valence-electron chi connectivity index (χ4n) is 1.34. The zero-order chi connectivity index (χ0) is 10.6. The predicted octanol–water partition coefficient (Wildman–Crippen LogP) is 2.55. The molecule has 0 aromatic heterocycles. The van der Waals surface area contributed by atoms with Crippen LogP contribution in [0, 0.1) is 0 Å². The van der Waals surface area contributed by atoms with Gasteiger partial charge in [0.05, 0.1) is 0 Å². The van der Waals surface area contributed by atoms with Gasteiger partial charge < -0.3 is 10.2 Å². The van der Waals surface area contributed by atoms with E-state index in [1.54, 1.807) is 24.3 Å². The molecule has 0 saturated heterocycles. The van der Waals surface area contributed by atoms with Crippen LogP contribution in [-0.4, -0.2) is 10.2 Å². The van der Waals surface area contributed by atoms with Gasteiger partial charge in [-0.05, 0) is 30.5 Å². The molecule has 0 aliphatic carbocycles. The van der Waals surface area contributed by atoms with Crippen LogP contribution in [0.15, 0.2) is 37.4 Å². The van der Waals surface area contributed by atoms with Gasteiger partial charge in [-0.2, -0.15) is 0 Å². The number of aromatic hydroxyl groups is 2. The van der Waals surface area contributed by atoms with E-state index in [1.807, 2.05) is 0 Å². The molecule has 0 saturated carbocycles. The van der Waals surface area contributed by atoms with Crippen molar-refractivity contribution in [3.05, 3.63) is 48.6 Å². The van der Waals surface area contributed by atoms with Crippen molar-refractivity contribution in [2.45, 2.75) is 12.8 Å². The van der Waals surface area contributed by atoms with Gasteiger partial charge >= 0.3 is 0 Å². The van der Waals surface area contributed by atoms with E-state index in [0.29, 0.717) is 18.4 Å². The zero-order valence-electron chi connectivity index (χ0n) is 8.03. The Labute approximate surface area is 83.8 Å². The number of rotatable bonds is 4. The first-order chi connectivity index (χ1) is 6.69. The van der Waals surface area contributed by atoms with Gasteiger partial charge in [-0.15, -0.1) is 13.2 Å². The van der Waals surface area contributed by atoms with Crippen LogP contribution in [0.2, 0.25) is 0 Å². The maximum Gasteiger partial charge on any atom is 0.123 e. The Kier molecular flexibility index (Phi) is 3.35. The molecule has 0 fully saturated rings. The van der Waals surface area contributed by atoms with E-state index >= 15 is 0 Å².